The van der Waals surface area contributed by atoms with E-state index in [-0.39, 0.29) is 6.03 Å². The van der Waals surface area contributed by atoms with Crippen LogP contribution in [0.2, 0.25) is 0 Å². The van der Waals surface area contributed by atoms with Crippen LogP contribution in [0, 0.1) is 6.92 Å². The van der Waals surface area contributed by atoms with Crippen LogP contribution in [0.25, 0.3) is 0 Å². The second-order valence-corrected chi connectivity index (χ2v) is 11.4. The molecule has 3 aromatic rings. The number of rotatable bonds is 7. The maximum absolute atomic E-state index is 13.3. The maximum atomic E-state index is 13.3. The van der Waals surface area contributed by atoms with Gasteiger partial charge in [0.2, 0.25) is 0 Å². The monoisotopic (exact) mass is 566 g/mol. The van der Waals surface area contributed by atoms with Gasteiger partial charge in [-0.15, -0.1) is 0 Å². The molecule has 41 heavy (non-hydrogen) atoms. The maximum Gasteiger partial charge on any atom is 0.416 e. The molecule has 6 rings (SSSR count). The molecule has 0 saturated carbocycles. The van der Waals surface area contributed by atoms with E-state index in [0.29, 0.717) is 30.4 Å². The van der Waals surface area contributed by atoms with E-state index in [1.165, 1.54) is 36.4 Å². The highest BCUT2D eigenvalue weighted by Crippen LogP contribution is 2.42. The van der Waals surface area contributed by atoms with Crippen molar-refractivity contribution >= 4 is 17.4 Å². The van der Waals surface area contributed by atoms with E-state index >= 15 is 0 Å². The van der Waals surface area contributed by atoms with E-state index in [1.54, 1.807) is 4.90 Å². The summed E-state index contributed by atoms with van der Waals surface area (Å²) in [5.41, 5.74) is 2.97. The SMILES string of the molecule is Cc1nc2c(n1C1CC3CC[C@@H](C1)N3CCCN(C(=O)Nc1ccc(C(F)(F)F)cc1)c1ccccc1)CCNC2. The van der Waals surface area contributed by atoms with Gasteiger partial charge in [-0.1, -0.05) is 18.2 Å². The van der Waals surface area contributed by atoms with Crippen molar-refractivity contribution in [2.45, 2.75) is 76.3 Å². The van der Waals surface area contributed by atoms with Gasteiger partial charge >= 0.3 is 12.2 Å². The van der Waals surface area contributed by atoms with E-state index < -0.39 is 11.7 Å². The van der Waals surface area contributed by atoms with E-state index in [4.69, 9.17) is 4.98 Å². The first-order valence-corrected chi connectivity index (χ1v) is 14.6. The highest BCUT2D eigenvalue weighted by molar-refractivity contribution is 6.01. The predicted octanol–water partition coefficient (Wildman–Crippen LogP) is 6.15. The minimum absolute atomic E-state index is 0.330. The van der Waals surface area contributed by atoms with Crippen molar-refractivity contribution in [1.29, 1.82) is 0 Å². The van der Waals surface area contributed by atoms with Crippen molar-refractivity contribution in [3.8, 4) is 0 Å². The fourth-order valence-electron chi connectivity index (χ4n) is 7.07. The summed E-state index contributed by atoms with van der Waals surface area (Å²) in [4.78, 5) is 22.5. The van der Waals surface area contributed by atoms with Crippen LogP contribution in [0.3, 0.4) is 0 Å². The third-order valence-electron chi connectivity index (χ3n) is 8.90. The second-order valence-electron chi connectivity index (χ2n) is 11.4. The van der Waals surface area contributed by atoms with Crippen LogP contribution in [-0.2, 0) is 19.1 Å². The topological polar surface area (TPSA) is 65.4 Å². The Morgan fingerprint density at radius 1 is 1.05 bits per heavy atom. The fourth-order valence-corrected chi connectivity index (χ4v) is 7.07. The summed E-state index contributed by atoms with van der Waals surface area (Å²) in [5, 5.41) is 6.22. The molecule has 3 aliphatic rings. The summed E-state index contributed by atoms with van der Waals surface area (Å²) in [6, 6.07) is 15.2. The third kappa shape index (κ3) is 5.85. The molecule has 4 heterocycles. The lowest BCUT2D eigenvalue weighted by molar-refractivity contribution is -0.137. The van der Waals surface area contributed by atoms with Gasteiger partial charge in [0.1, 0.15) is 5.82 Å². The van der Waals surface area contributed by atoms with E-state index in [1.807, 2.05) is 30.3 Å². The number of alkyl halides is 3. The van der Waals surface area contributed by atoms with Gasteiger partial charge < -0.3 is 15.2 Å². The Kier molecular flexibility index (Phi) is 7.78. The Morgan fingerprint density at radius 3 is 2.44 bits per heavy atom. The molecule has 2 unspecified atom stereocenters. The van der Waals surface area contributed by atoms with Crippen LogP contribution in [0.15, 0.2) is 54.6 Å². The van der Waals surface area contributed by atoms with Gasteiger partial charge in [-0.05, 0) is 75.4 Å². The Morgan fingerprint density at radius 2 is 1.76 bits per heavy atom. The number of nitrogens with zero attached hydrogens (tertiary/aromatic N) is 4. The second kappa shape index (κ2) is 11.5. The highest BCUT2D eigenvalue weighted by atomic mass is 19.4. The van der Waals surface area contributed by atoms with Gasteiger partial charge in [0.25, 0.3) is 0 Å². The van der Waals surface area contributed by atoms with Crippen LogP contribution >= 0.6 is 0 Å². The molecule has 3 aliphatic heterocycles. The fraction of sp³-hybridized carbons (Fsp3) is 0.484. The molecule has 2 saturated heterocycles. The van der Waals surface area contributed by atoms with Gasteiger partial charge in [0.15, 0.2) is 0 Å². The van der Waals surface area contributed by atoms with E-state index in [9.17, 15) is 18.0 Å². The third-order valence-corrected chi connectivity index (χ3v) is 8.90. The first-order valence-electron chi connectivity index (χ1n) is 14.6. The summed E-state index contributed by atoms with van der Waals surface area (Å²) in [6.45, 7) is 5.43. The predicted molar refractivity (Wildman–Crippen MR) is 153 cm³/mol. The van der Waals surface area contributed by atoms with Crippen molar-refractivity contribution in [2.75, 3.05) is 29.9 Å². The standard InChI is InChI=1S/C31H37F3N6O/c1-21-36-28-20-35-15-14-29(28)40(21)27-18-25-12-13-26(19-27)38(25)16-5-17-39(24-6-3-2-4-7-24)30(41)37-23-10-8-22(9-11-23)31(32,33)34/h2-4,6-11,25-27,35H,5,12-20H2,1H3,(H,37,41)/t25-,26?,27?/m0/s1. The number of para-hydroxylation sites is 1. The van der Waals surface area contributed by atoms with Crippen LogP contribution in [0.1, 0.15) is 60.9 Å². The average molecular weight is 567 g/mol. The summed E-state index contributed by atoms with van der Waals surface area (Å²) in [7, 11) is 0. The molecule has 2 aromatic carbocycles. The first-order chi connectivity index (χ1) is 19.8. The molecule has 2 amide bonds. The lowest BCUT2D eigenvalue weighted by Gasteiger charge is -2.40. The average Bonchev–Trinajstić information content (AvgIpc) is 3.41. The zero-order valence-corrected chi connectivity index (χ0v) is 23.3. The number of aryl methyl sites for hydroxylation is 1. The number of halogens is 3. The molecule has 2 N–H and O–H groups in total. The summed E-state index contributed by atoms with van der Waals surface area (Å²) in [5.74, 6) is 1.13. The molecule has 2 bridgehead atoms. The quantitative estimate of drug-likeness (QED) is 0.360. The van der Waals surface area contributed by atoms with Gasteiger partial charge in [0, 0.05) is 67.8 Å². The largest absolute Gasteiger partial charge is 0.416 e. The van der Waals surface area contributed by atoms with Gasteiger partial charge in [0.05, 0.1) is 11.3 Å². The molecule has 3 atom stereocenters. The van der Waals surface area contributed by atoms with Crippen molar-refractivity contribution in [2.24, 2.45) is 0 Å². The van der Waals surface area contributed by atoms with Crippen molar-refractivity contribution in [1.82, 2.24) is 19.8 Å². The number of aromatic nitrogens is 2. The Bertz CT molecular complexity index is 1340. The number of benzene rings is 2. The Hall–Kier alpha value is -3.37. The molecule has 7 nitrogen and oxygen atoms in total. The van der Waals surface area contributed by atoms with Crippen molar-refractivity contribution in [3.05, 3.63) is 77.4 Å². The van der Waals surface area contributed by atoms with Gasteiger partial charge in [-0.3, -0.25) is 9.80 Å². The van der Waals surface area contributed by atoms with Crippen molar-refractivity contribution < 1.29 is 18.0 Å². The smallest absolute Gasteiger partial charge is 0.329 e. The highest BCUT2D eigenvalue weighted by Gasteiger charge is 2.42. The molecule has 10 heteroatoms. The number of piperidine rings is 1. The first kappa shape index (κ1) is 27.8. The summed E-state index contributed by atoms with van der Waals surface area (Å²) < 4.78 is 41.4. The molecule has 0 radical (unpaired) electrons. The number of fused-ring (bicyclic) bond motifs is 3. The minimum atomic E-state index is -4.42. The number of carbonyl (C=O) groups excluding carboxylic acids is 1. The summed E-state index contributed by atoms with van der Waals surface area (Å²) >= 11 is 0. The lowest BCUT2D eigenvalue weighted by Crippen LogP contribution is -2.45. The Labute approximate surface area is 238 Å². The number of nitrogens with one attached hydrogen (secondary N) is 2. The van der Waals surface area contributed by atoms with E-state index in [0.717, 1.165) is 69.0 Å². The minimum Gasteiger partial charge on any atom is -0.329 e. The molecule has 1 aromatic heterocycles. The zero-order chi connectivity index (χ0) is 28.6. The molecule has 218 valence electrons. The number of urea groups is 1. The number of amides is 2. The van der Waals surface area contributed by atoms with Crippen molar-refractivity contribution in [3.63, 3.8) is 0 Å². The Balaban J connectivity index is 1.09. The summed E-state index contributed by atoms with van der Waals surface area (Å²) in [6.07, 6.45) is 2.09. The molecular formula is C31H37F3N6O. The number of imidazole rings is 1. The van der Waals surface area contributed by atoms with Gasteiger partial charge in [-0.25, -0.2) is 9.78 Å². The number of hydrogen-bond donors (Lipinski definition) is 2. The normalized spacial score (nSPS) is 22.4. The van der Waals surface area contributed by atoms with Crippen LogP contribution < -0.4 is 15.5 Å². The molecule has 0 aliphatic carbocycles. The van der Waals surface area contributed by atoms with E-state index in [2.05, 4.69) is 27.0 Å². The molecule has 0 spiro atoms. The van der Waals surface area contributed by atoms with Crippen LogP contribution in [-0.4, -0.2) is 52.2 Å². The zero-order valence-electron chi connectivity index (χ0n) is 23.3. The number of hydrogen-bond acceptors (Lipinski definition) is 4. The van der Waals surface area contributed by atoms with Gasteiger partial charge in [-0.2, -0.15) is 13.2 Å². The number of carbonyl (C=O) groups is 1. The number of anilines is 2. The van der Waals surface area contributed by atoms with Crippen LogP contribution in [0.4, 0.5) is 29.3 Å². The lowest BCUT2D eigenvalue weighted by atomic mass is 9.96. The molecule has 2 fully saturated rings. The van der Waals surface area contributed by atoms with Crippen LogP contribution in [0.5, 0.6) is 0 Å². The molecular weight excluding hydrogens is 529 g/mol.